The Hall–Kier alpha value is -2.65. The summed E-state index contributed by atoms with van der Waals surface area (Å²) < 4.78 is 0. The van der Waals surface area contributed by atoms with Gasteiger partial charge < -0.3 is 20.3 Å². The number of amides is 2. The molecular weight excluding hydrogens is 477 g/mol. The summed E-state index contributed by atoms with van der Waals surface area (Å²) in [6, 6.07) is -0.632. The maximum Gasteiger partial charge on any atom is 0.255 e. The smallest absolute Gasteiger partial charge is 0.255 e. The molecule has 3 atom stereocenters. The lowest BCUT2D eigenvalue weighted by molar-refractivity contribution is -0.134. The average molecular weight is 528 g/mol. The molecule has 1 saturated heterocycles. The van der Waals surface area contributed by atoms with Crippen LogP contribution in [0.3, 0.4) is 0 Å². The summed E-state index contributed by atoms with van der Waals surface area (Å²) in [4.78, 5) is 34.4. The predicted octanol–water partition coefficient (Wildman–Crippen LogP) is 3.42. The molecule has 1 fully saturated rings. The lowest BCUT2D eigenvalue weighted by atomic mass is 9.89. The van der Waals surface area contributed by atoms with Crippen molar-refractivity contribution in [2.45, 2.75) is 79.3 Å². The van der Waals surface area contributed by atoms with Gasteiger partial charge in [0.05, 0.1) is 17.5 Å². The number of hydrogen-bond donors (Lipinski definition) is 3. The Kier molecular flexibility index (Phi) is 14.4. The summed E-state index contributed by atoms with van der Waals surface area (Å²) >= 11 is 0. The molecule has 0 bridgehead atoms. The molecule has 8 nitrogen and oxygen atoms in total. The highest BCUT2D eigenvalue weighted by Gasteiger charge is 2.27. The first-order valence-electron chi connectivity index (χ1n) is 13.7. The van der Waals surface area contributed by atoms with Gasteiger partial charge in [0.15, 0.2) is 0 Å². The number of likely N-dealkylation sites (tertiary alicyclic amines) is 1. The molecule has 0 aromatic carbocycles. The van der Waals surface area contributed by atoms with Crippen LogP contribution in [-0.4, -0.2) is 79.1 Å². The van der Waals surface area contributed by atoms with Crippen molar-refractivity contribution >= 4 is 25.9 Å². The summed E-state index contributed by atoms with van der Waals surface area (Å²) in [6.07, 6.45) is 10.3. The van der Waals surface area contributed by atoms with Crippen molar-refractivity contribution in [3.05, 3.63) is 48.3 Å². The summed E-state index contributed by atoms with van der Waals surface area (Å²) in [6.45, 7) is 22.3. The van der Waals surface area contributed by atoms with Crippen molar-refractivity contribution in [3.8, 4) is 0 Å². The van der Waals surface area contributed by atoms with Gasteiger partial charge in [0.1, 0.15) is 7.85 Å². The molecule has 1 aliphatic heterocycles. The Morgan fingerprint density at radius 1 is 1.21 bits per heavy atom. The molecule has 1 aliphatic rings. The molecular formula is C29H50BN5O3. The summed E-state index contributed by atoms with van der Waals surface area (Å²) in [5, 5.41) is 13.5. The van der Waals surface area contributed by atoms with Crippen LogP contribution >= 0.6 is 0 Å². The Balaban J connectivity index is 3.24. The minimum atomic E-state index is -0.458. The van der Waals surface area contributed by atoms with E-state index in [1.54, 1.807) is 18.0 Å². The maximum absolute atomic E-state index is 13.4. The number of hydrogen-bond acceptors (Lipinski definition) is 6. The molecule has 0 aromatic heterocycles. The van der Waals surface area contributed by atoms with Crippen molar-refractivity contribution in [2.24, 2.45) is 16.3 Å². The average Bonchev–Trinajstić information content (AvgIpc) is 2.85. The van der Waals surface area contributed by atoms with E-state index in [-0.39, 0.29) is 29.2 Å². The van der Waals surface area contributed by atoms with Gasteiger partial charge in [-0.1, -0.05) is 46.4 Å². The second-order valence-electron chi connectivity index (χ2n) is 11.6. The van der Waals surface area contributed by atoms with Gasteiger partial charge in [0, 0.05) is 50.3 Å². The Morgan fingerprint density at radius 2 is 1.84 bits per heavy atom. The zero-order chi connectivity index (χ0) is 28.9. The quantitative estimate of drug-likeness (QED) is 0.106. The summed E-state index contributed by atoms with van der Waals surface area (Å²) in [5.41, 5.74) is 4.29. The molecule has 0 spiro atoms. The van der Waals surface area contributed by atoms with Gasteiger partial charge in [-0.3, -0.25) is 14.6 Å². The first-order chi connectivity index (χ1) is 17.8. The number of carbonyl (C=O) groups excluding carboxylic acids is 2. The van der Waals surface area contributed by atoms with Crippen LogP contribution in [0.2, 0.25) is 0 Å². The highest BCUT2D eigenvalue weighted by molar-refractivity contribution is 6.21. The molecule has 3 N–H and O–H groups in total. The standard InChI is InChI=1S/C29H50BN5O3/c1-9-24(18-31-10-2)28(37)35(20-29(6,7)8)19-23(5)32-25(26(33-38)17-22(4)30)16-21(3)27(36)34-14-12-11-13-15-34/h9-10,16,18,21,23,26,32-33,38H,1,4,11-15,17,19-20,30H2,2-3,5-8H3/b24-18+,25-16?,31-10-/t21?,23?,26-/m1/s1. The van der Waals surface area contributed by atoms with Gasteiger partial charge in [0.25, 0.3) is 5.91 Å². The largest absolute Gasteiger partial charge is 0.383 e. The van der Waals surface area contributed by atoms with Gasteiger partial charge >= 0.3 is 0 Å². The molecule has 2 amide bonds. The minimum absolute atomic E-state index is 0.0884. The molecule has 0 saturated carbocycles. The number of carbonyl (C=O) groups is 2. The van der Waals surface area contributed by atoms with Gasteiger partial charge in [-0.05, 0) is 44.9 Å². The van der Waals surface area contributed by atoms with Gasteiger partial charge in [-0.25, -0.2) is 0 Å². The van der Waals surface area contributed by atoms with Crippen LogP contribution in [0.25, 0.3) is 0 Å². The lowest BCUT2D eigenvalue weighted by Crippen LogP contribution is -2.48. The molecule has 2 unspecified atom stereocenters. The molecule has 9 heteroatoms. The van der Waals surface area contributed by atoms with E-state index in [2.05, 4.69) is 49.7 Å². The van der Waals surface area contributed by atoms with Crippen LogP contribution in [0.5, 0.6) is 0 Å². The Labute approximate surface area is 231 Å². The third kappa shape index (κ3) is 11.8. The fraction of sp³-hybridized carbons (Fsp3) is 0.621. The van der Waals surface area contributed by atoms with E-state index in [4.69, 9.17) is 0 Å². The van der Waals surface area contributed by atoms with E-state index in [0.29, 0.717) is 30.8 Å². The zero-order valence-corrected chi connectivity index (χ0v) is 24.7. The van der Waals surface area contributed by atoms with Gasteiger partial charge in [0.2, 0.25) is 5.91 Å². The SMILES string of the molecule is BC(=C)C[C@@H](NO)C(=CC(C)C(=O)N1CCCCC1)NC(C)CN(CC(C)(C)C)C(=O)/C(C=C)=C/N=C\C. The van der Waals surface area contributed by atoms with Crippen LogP contribution in [0.1, 0.15) is 67.2 Å². The van der Waals surface area contributed by atoms with E-state index in [1.165, 1.54) is 12.3 Å². The Bertz CT molecular complexity index is 900. The summed E-state index contributed by atoms with van der Waals surface area (Å²) in [7, 11) is 1.90. The fourth-order valence-corrected chi connectivity index (χ4v) is 4.57. The van der Waals surface area contributed by atoms with E-state index in [0.717, 1.165) is 37.8 Å². The number of piperidine rings is 1. The maximum atomic E-state index is 13.4. The van der Waals surface area contributed by atoms with Crippen molar-refractivity contribution in [2.75, 3.05) is 26.2 Å². The topological polar surface area (TPSA) is 97.3 Å². The molecule has 1 heterocycles. The highest BCUT2D eigenvalue weighted by Crippen LogP contribution is 2.20. The summed E-state index contributed by atoms with van der Waals surface area (Å²) in [5.74, 6) is -0.421. The number of nitrogens with zero attached hydrogens (tertiary/aromatic N) is 3. The van der Waals surface area contributed by atoms with E-state index >= 15 is 0 Å². The van der Waals surface area contributed by atoms with Crippen molar-refractivity contribution in [1.82, 2.24) is 20.6 Å². The highest BCUT2D eigenvalue weighted by atomic mass is 16.5. The van der Waals surface area contributed by atoms with Crippen LogP contribution in [0.15, 0.2) is 53.2 Å². The molecule has 1 rings (SSSR count). The predicted molar refractivity (Wildman–Crippen MR) is 160 cm³/mol. The van der Waals surface area contributed by atoms with E-state index in [9.17, 15) is 14.8 Å². The number of nitrogens with one attached hydrogen (secondary N) is 2. The third-order valence-electron chi connectivity index (χ3n) is 6.26. The van der Waals surface area contributed by atoms with Crippen LogP contribution in [0, 0.1) is 11.3 Å². The Morgan fingerprint density at radius 3 is 2.34 bits per heavy atom. The van der Waals surface area contributed by atoms with E-state index in [1.807, 2.05) is 32.7 Å². The first-order valence-corrected chi connectivity index (χ1v) is 13.7. The van der Waals surface area contributed by atoms with Crippen LogP contribution in [0.4, 0.5) is 0 Å². The second-order valence-corrected chi connectivity index (χ2v) is 11.6. The van der Waals surface area contributed by atoms with Gasteiger partial charge in [-0.2, -0.15) is 5.48 Å². The third-order valence-corrected chi connectivity index (χ3v) is 6.26. The molecule has 0 aliphatic carbocycles. The zero-order valence-electron chi connectivity index (χ0n) is 24.7. The van der Waals surface area contributed by atoms with Crippen molar-refractivity contribution in [1.29, 1.82) is 0 Å². The van der Waals surface area contributed by atoms with Gasteiger partial charge in [-0.15, -0.1) is 12.1 Å². The van der Waals surface area contributed by atoms with Crippen LogP contribution in [-0.2, 0) is 9.59 Å². The normalized spacial score (nSPS) is 17.6. The number of aliphatic imine (C=N–C) groups is 1. The van der Waals surface area contributed by atoms with Crippen LogP contribution < -0.4 is 10.8 Å². The van der Waals surface area contributed by atoms with Crippen molar-refractivity contribution in [3.63, 3.8) is 0 Å². The molecule has 38 heavy (non-hydrogen) atoms. The molecule has 0 aromatic rings. The van der Waals surface area contributed by atoms with Crippen molar-refractivity contribution < 1.29 is 14.8 Å². The fourth-order valence-electron chi connectivity index (χ4n) is 4.57. The van der Waals surface area contributed by atoms with E-state index < -0.39 is 6.04 Å². The molecule has 0 radical (unpaired) electrons. The lowest BCUT2D eigenvalue weighted by Gasteiger charge is -2.34. The minimum Gasteiger partial charge on any atom is -0.383 e. The first kappa shape index (κ1) is 33.4. The number of hydroxylamine groups is 1. The molecule has 212 valence electrons. The monoisotopic (exact) mass is 527 g/mol. The number of rotatable bonds is 14. The second kappa shape index (κ2) is 16.3.